The molecule has 0 bridgehead atoms. The van der Waals surface area contributed by atoms with Gasteiger partial charge in [0.05, 0.1) is 0 Å². The first-order valence-corrected chi connectivity index (χ1v) is 6.45. The molecule has 4 heteroatoms. The molecule has 0 aliphatic carbocycles. The molecule has 0 saturated carbocycles. The van der Waals surface area contributed by atoms with Crippen LogP contribution >= 0.6 is 0 Å². The fourth-order valence-corrected chi connectivity index (χ4v) is 2.60. The molecule has 4 N–H and O–H groups in total. The summed E-state index contributed by atoms with van der Waals surface area (Å²) in [4.78, 5) is 11.8. The molecule has 1 aliphatic rings. The number of hydrogen-bond acceptors (Lipinski definition) is 3. The molecule has 0 aromatic heterocycles. The van der Waals surface area contributed by atoms with E-state index in [1.54, 1.807) is 0 Å². The van der Waals surface area contributed by atoms with Crippen molar-refractivity contribution in [2.45, 2.75) is 25.4 Å². The van der Waals surface area contributed by atoms with Gasteiger partial charge in [0.25, 0.3) is 0 Å². The highest BCUT2D eigenvalue weighted by Gasteiger charge is 2.42. The van der Waals surface area contributed by atoms with E-state index in [0.717, 1.165) is 19.5 Å². The molecular formula is C14H21N3O. The summed E-state index contributed by atoms with van der Waals surface area (Å²) in [5.74, 6) is -0.0418. The minimum Gasteiger partial charge on any atom is -0.368 e. The van der Waals surface area contributed by atoms with Gasteiger partial charge in [-0.3, -0.25) is 10.1 Å². The first-order chi connectivity index (χ1) is 8.65. The minimum atomic E-state index is -0.582. The summed E-state index contributed by atoms with van der Waals surface area (Å²) >= 11 is 0. The van der Waals surface area contributed by atoms with Gasteiger partial charge >= 0.3 is 0 Å². The van der Waals surface area contributed by atoms with E-state index in [0.29, 0.717) is 6.54 Å². The Labute approximate surface area is 108 Å². The lowest BCUT2D eigenvalue weighted by Crippen LogP contribution is -2.64. The summed E-state index contributed by atoms with van der Waals surface area (Å²) in [5.41, 5.74) is 6.22. The molecule has 1 saturated heterocycles. The molecule has 2 atom stereocenters. The van der Waals surface area contributed by atoms with Crippen LogP contribution in [-0.4, -0.2) is 24.5 Å². The van der Waals surface area contributed by atoms with Gasteiger partial charge in [0.1, 0.15) is 5.54 Å². The van der Waals surface area contributed by atoms with E-state index in [1.807, 2.05) is 30.3 Å². The molecule has 1 aromatic rings. The predicted octanol–water partition coefficient (Wildman–Crippen LogP) is 0.630. The monoisotopic (exact) mass is 247 g/mol. The lowest BCUT2D eigenvalue weighted by molar-refractivity contribution is -0.127. The van der Waals surface area contributed by atoms with Crippen LogP contribution in [0.3, 0.4) is 0 Å². The maximum Gasteiger partial charge on any atom is 0.238 e. The van der Waals surface area contributed by atoms with Gasteiger partial charge in [-0.25, -0.2) is 0 Å². The van der Waals surface area contributed by atoms with Crippen molar-refractivity contribution < 1.29 is 4.79 Å². The van der Waals surface area contributed by atoms with Crippen LogP contribution < -0.4 is 16.4 Å². The summed E-state index contributed by atoms with van der Waals surface area (Å²) in [7, 11) is 0. The highest BCUT2D eigenvalue weighted by atomic mass is 16.1. The van der Waals surface area contributed by atoms with Gasteiger partial charge in [-0.15, -0.1) is 0 Å². The van der Waals surface area contributed by atoms with Gasteiger partial charge < -0.3 is 11.1 Å². The fraction of sp³-hybridized carbons (Fsp3) is 0.500. The number of nitrogens with one attached hydrogen (secondary N) is 2. The normalized spacial score (nSPS) is 27.9. The van der Waals surface area contributed by atoms with E-state index in [1.165, 1.54) is 5.56 Å². The standard InChI is InChI=1S/C14H21N3O/c1-11-9-16-8-7-14(11,13(15)18)17-10-12-5-3-2-4-6-12/h2-6,11,16-17H,7-10H2,1H3,(H2,15,18). The van der Waals surface area contributed by atoms with Crippen molar-refractivity contribution in [2.75, 3.05) is 13.1 Å². The second-order valence-electron chi connectivity index (χ2n) is 5.03. The molecule has 0 radical (unpaired) electrons. The van der Waals surface area contributed by atoms with Crippen LogP contribution in [0.25, 0.3) is 0 Å². The molecule has 1 aromatic carbocycles. The minimum absolute atomic E-state index is 0.201. The lowest BCUT2D eigenvalue weighted by Gasteiger charge is -2.41. The van der Waals surface area contributed by atoms with Gasteiger partial charge in [0.15, 0.2) is 0 Å². The summed E-state index contributed by atoms with van der Waals surface area (Å²) in [6, 6.07) is 10.1. The van der Waals surface area contributed by atoms with Crippen molar-refractivity contribution >= 4 is 5.91 Å². The molecule has 1 heterocycles. The van der Waals surface area contributed by atoms with Crippen molar-refractivity contribution in [1.29, 1.82) is 0 Å². The van der Waals surface area contributed by atoms with E-state index < -0.39 is 5.54 Å². The van der Waals surface area contributed by atoms with Crippen molar-refractivity contribution in [3.8, 4) is 0 Å². The number of piperidine rings is 1. The van der Waals surface area contributed by atoms with Crippen LogP contribution in [0.2, 0.25) is 0 Å². The third-order valence-corrected chi connectivity index (χ3v) is 3.88. The third-order valence-electron chi connectivity index (χ3n) is 3.88. The lowest BCUT2D eigenvalue weighted by atomic mass is 9.78. The van der Waals surface area contributed by atoms with E-state index >= 15 is 0 Å². The van der Waals surface area contributed by atoms with E-state index in [9.17, 15) is 4.79 Å². The summed E-state index contributed by atoms with van der Waals surface area (Å²) < 4.78 is 0. The number of nitrogens with two attached hydrogens (primary N) is 1. The van der Waals surface area contributed by atoms with Gasteiger partial charge in [-0.2, -0.15) is 0 Å². The Morgan fingerprint density at radius 1 is 1.50 bits per heavy atom. The first kappa shape index (κ1) is 13.1. The molecule has 0 spiro atoms. The number of carbonyl (C=O) groups excluding carboxylic acids is 1. The summed E-state index contributed by atoms with van der Waals surface area (Å²) in [6.45, 7) is 4.39. The van der Waals surface area contributed by atoms with E-state index in [-0.39, 0.29) is 11.8 Å². The first-order valence-electron chi connectivity index (χ1n) is 6.45. The van der Waals surface area contributed by atoms with Crippen LogP contribution in [0.5, 0.6) is 0 Å². The molecule has 2 unspecified atom stereocenters. The number of carbonyl (C=O) groups is 1. The zero-order chi connectivity index (χ0) is 13.0. The second-order valence-corrected chi connectivity index (χ2v) is 5.03. The predicted molar refractivity (Wildman–Crippen MR) is 71.9 cm³/mol. The summed E-state index contributed by atoms with van der Waals surface area (Å²) in [6.07, 6.45) is 0.746. The zero-order valence-electron chi connectivity index (χ0n) is 10.8. The topological polar surface area (TPSA) is 67.2 Å². The maximum atomic E-state index is 11.8. The van der Waals surface area contributed by atoms with Crippen LogP contribution in [0.4, 0.5) is 0 Å². The smallest absolute Gasteiger partial charge is 0.238 e. The Morgan fingerprint density at radius 2 is 2.22 bits per heavy atom. The average Bonchev–Trinajstić information content (AvgIpc) is 2.39. The van der Waals surface area contributed by atoms with Crippen LogP contribution in [0.15, 0.2) is 30.3 Å². The Hall–Kier alpha value is -1.39. The van der Waals surface area contributed by atoms with Crippen LogP contribution in [0, 0.1) is 5.92 Å². The Morgan fingerprint density at radius 3 is 2.83 bits per heavy atom. The molecular weight excluding hydrogens is 226 g/mol. The Balaban J connectivity index is 2.09. The number of rotatable bonds is 4. The molecule has 1 fully saturated rings. The maximum absolute atomic E-state index is 11.8. The molecule has 2 rings (SSSR count). The van der Waals surface area contributed by atoms with Gasteiger partial charge in [-0.05, 0) is 31.0 Å². The second kappa shape index (κ2) is 5.50. The van der Waals surface area contributed by atoms with Crippen molar-refractivity contribution in [3.63, 3.8) is 0 Å². The van der Waals surface area contributed by atoms with Crippen molar-refractivity contribution in [2.24, 2.45) is 11.7 Å². The number of hydrogen-bond donors (Lipinski definition) is 3. The molecule has 18 heavy (non-hydrogen) atoms. The zero-order valence-corrected chi connectivity index (χ0v) is 10.8. The highest BCUT2D eigenvalue weighted by Crippen LogP contribution is 2.24. The number of amides is 1. The Bertz CT molecular complexity index is 407. The molecule has 4 nitrogen and oxygen atoms in total. The van der Waals surface area contributed by atoms with E-state index in [2.05, 4.69) is 17.6 Å². The van der Waals surface area contributed by atoms with Gasteiger partial charge in [0, 0.05) is 6.54 Å². The molecule has 98 valence electrons. The molecule has 1 aliphatic heterocycles. The van der Waals surface area contributed by atoms with Crippen molar-refractivity contribution in [3.05, 3.63) is 35.9 Å². The summed E-state index contributed by atoms with van der Waals surface area (Å²) in [5, 5.41) is 6.68. The van der Waals surface area contributed by atoms with Crippen molar-refractivity contribution in [1.82, 2.24) is 10.6 Å². The highest BCUT2D eigenvalue weighted by molar-refractivity contribution is 5.85. The number of benzene rings is 1. The SMILES string of the molecule is CC1CNCCC1(NCc1ccccc1)C(N)=O. The van der Waals surface area contributed by atoms with Crippen LogP contribution in [-0.2, 0) is 11.3 Å². The quantitative estimate of drug-likeness (QED) is 0.731. The largest absolute Gasteiger partial charge is 0.368 e. The molecule has 1 amide bonds. The fourth-order valence-electron chi connectivity index (χ4n) is 2.60. The van der Waals surface area contributed by atoms with Gasteiger partial charge in [-0.1, -0.05) is 37.3 Å². The average molecular weight is 247 g/mol. The van der Waals surface area contributed by atoms with E-state index in [4.69, 9.17) is 5.73 Å². The van der Waals surface area contributed by atoms with Gasteiger partial charge in [0.2, 0.25) is 5.91 Å². The van der Waals surface area contributed by atoms with Crippen LogP contribution in [0.1, 0.15) is 18.9 Å². The number of primary amides is 1. The Kier molecular flexibility index (Phi) is 3.99. The third kappa shape index (κ3) is 2.54.